The van der Waals surface area contributed by atoms with Crippen LogP contribution >= 0.6 is 0 Å². The molecule has 168 valence electrons. The number of nitrogens with one attached hydrogen (secondary N) is 1. The molecule has 0 bridgehead atoms. The number of nitrogens with zero attached hydrogens (tertiary/aromatic N) is 6. The second kappa shape index (κ2) is 9.58. The van der Waals surface area contributed by atoms with Gasteiger partial charge in [0.1, 0.15) is 23.8 Å². The number of rotatable bonds is 7. The average molecular weight is 450 g/mol. The fourth-order valence-electron chi connectivity index (χ4n) is 3.53. The largest absolute Gasteiger partial charge is 0.455 e. The number of anilines is 2. The van der Waals surface area contributed by atoms with Gasteiger partial charge >= 0.3 is 0 Å². The molecule has 5 rings (SSSR count). The smallest absolute Gasteiger partial charge is 0.155 e. The Kier molecular flexibility index (Phi) is 6.03. The predicted octanol–water partition coefficient (Wildman–Crippen LogP) is 6.06. The van der Waals surface area contributed by atoms with Crippen molar-refractivity contribution in [1.29, 1.82) is 0 Å². The van der Waals surface area contributed by atoms with E-state index in [1.807, 2.05) is 62.4 Å². The highest BCUT2D eigenvalue weighted by Crippen LogP contribution is 2.33. The van der Waals surface area contributed by atoms with Crippen LogP contribution in [0.15, 0.2) is 88.5 Å². The van der Waals surface area contributed by atoms with Crippen molar-refractivity contribution in [3.05, 3.63) is 89.9 Å². The van der Waals surface area contributed by atoms with E-state index < -0.39 is 0 Å². The number of hydrogen-bond acceptors (Lipinski definition) is 8. The van der Waals surface area contributed by atoms with E-state index in [2.05, 4.69) is 42.9 Å². The fraction of sp³-hybridized carbons (Fsp3) is 0.154. The number of benzene rings is 1. The third-order valence-corrected chi connectivity index (χ3v) is 5.44. The van der Waals surface area contributed by atoms with E-state index in [-0.39, 0.29) is 0 Å². The standard InChI is InChI=1S/C26H23N7O/c1-17-13-24(26(30-18(17)2)23-5-3-4-11-27-23)34-22-10-12-28-25(15-22)31-20-8-6-19(7-9-20)14-21-16-29-33-32-21/h3-13,15H,14,16H2,1-2H3,(H,28,31). The lowest BCUT2D eigenvalue weighted by Gasteiger charge is -2.14. The molecule has 0 unspecified atom stereocenters. The molecule has 0 saturated heterocycles. The lowest BCUT2D eigenvalue weighted by molar-refractivity contribution is 0.481. The summed E-state index contributed by atoms with van der Waals surface area (Å²) in [5.41, 5.74) is 6.52. The van der Waals surface area contributed by atoms with Gasteiger partial charge in [-0.25, -0.2) is 9.97 Å². The molecule has 0 aliphatic carbocycles. The summed E-state index contributed by atoms with van der Waals surface area (Å²) in [6.45, 7) is 4.58. The summed E-state index contributed by atoms with van der Waals surface area (Å²) in [4.78, 5) is 13.6. The predicted molar refractivity (Wildman–Crippen MR) is 132 cm³/mol. The zero-order valence-corrected chi connectivity index (χ0v) is 18.9. The Labute approximate surface area is 197 Å². The van der Waals surface area contributed by atoms with Crippen LogP contribution in [0.25, 0.3) is 11.4 Å². The first kappa shape index (κ1) is 21.4. The summed E-state index contributed by atoms with van der Waals surface area (Å²) >= 11 is 0. The maximum Gasteiger partial charge on any atom is 0.155 e. The van der Waals surface area contributed by atoms with Gasteiger partial charge in [-0.15, -0.1) is 5.10 Å². The normalized spacial score (nSPS) is 12.5. The minimum atomic E-state index is 0.578. The Hall–Kier alpha value is -4.46. The zero-order valence-electron chi connectivity index (χ0n) is 18.9. The van der Waals surface area contributed by atoms with E-state index in [9.17, 15) is 0 Å². The number of aromatic nitrogens is 3. The summed E-state index contributed by atoms with van der Waals surface area (Å²) in [6.07, 6.45) is 4.21. The molecule has 4 aromatic rings. The van der Waals surface area contributed by atoms with Crippen LogP contribution in [0.1, 0.15) is 16.8 Å². The van der Waals surface area contributed by atoms with Crippen LogP contribution in [0, 0.1) is 13.8 Å². The third kappa shape index (κ3) is 4.96. The minimum Gasteiger partial charge on any atom is -0.455 e. The van der Waals surface area contributed by atoms with Gasteiger partial charge in [-0.1, -0.05) is 18.2 Å². The number of ether oxygens (including phenoxy) is 1. The maximum absolute atomic E-state index is 6.26. The molecule has 0 fully saturated rings. The van der Waals surface area contributed by atoms with Gasteiger partial charge in [0.25, 0.3) is 0 Å². The van der Waals surface area contributed by atoms with E-state index in [0.717, 1.165) is 40.3 Å². The van der Waals surface area contributed by atoms with E-state index in [4.69, 9.17) is 9.72 Å². The van der Waals surface area contributed by atoms with E-state index in [1.165, 1.54) is 0 Å². The zero-order chi connectivity index (χ0) is 23.3. The van der Waals surface area contributed by atoms with Crippen molar-refractivity contribution < 1.29 is 4.74 Å². The van der Waals surface area contributed by atoms with Gasteiger partial charge in [0, 0.05) is 36.3 Å². The highest BCUT2D eigenvalue weighted by Gasteiger charge is 2.13. The van der Waals surface area contributed by atoms with Crippen LogP contribution < -0.4 is 10.1 Å². The number of pyridine rings is 3. The first-order chi connectivity index (χ1) is 16.6. The Morgan fingerprint density at radius 1 is 0.941 bits per heavy atom. The van der Waals surface area contributed by atoms with Gasteiger partial charge in [-0.05, 0) is 66.6 Å². The highest BCUT2D eigenvalue weighted by molar-refractivity contribution is 5.89. The minimum absolute atomic E-state index is 0.578. The number of hydrogen-bond donors (Lipinski definition) is 1. The van der Waals surface area contributed by atoms with Crippen molar-refractivity contribution in [2.45, 2.75) is 20.3 Å². The molecule has 1 aliphatic rings. The van der Waals surface area contributed by atoms with Crippen LogP contribution in [0.5, 0.6) is 11.5 Å². The lowest BCUT2D eigenvalue weighted by Crippen LogP contribution is -2.03. The Morgan fingerprint density at radius 3 is 2.59 bits per heavy atom. The molecule has 0 radical (unpaired) electrons. The lowest BCUT2D eigenvalue weighted by atomic mass is 10.1. The molecule has 0 amide bonds. The van der Waals surface area contributed by atoms with Crippen molar-refractivity contribution in [3.8, 4) is 22.9 Å². The van der Waals surface area contributed by atoms with Gasteiger partial charge in [-0.3, -0.25) is 4.98 Å². The van der Waals surface area contributed by atoms with E-state index in [0.29, 0.717) is 29.6 Å². The first-order valence-corrected chi connectivity index (χ1v) is 11.0. The van der Waals surface area contributed by atoms with Crippen molar-refractivity contribution in [2.75, 3.05) is 11.9 Å². The fourth-order valence-corrected chi connectivity index (χ4v) is 3.53. The molecule has 8 heteroatoms. The van der Waals surface area contributed by atoms with Gasteiger partial charge < -0.3 is 10.1 Å². The first-order valence-electron chi connectivity index (χ1n) is 11.0. The average Bonchev–Trinajstić information content (AvgIpc) is 3.36. The van der Waals surface area contributed by atoms with Crippen LogP contribution in [0.3, 0.4) is 0 Å². The van der Waals surface area contributed by atoms with Crippen LogP contribution in [-0.2, 0) is 6.42 Å². The summed E-state index contributed by atoms with van der Waals surface area (Å²) in [5, 5.41) is 14.9. The molecule has 0 saturated carbocycles. The summed E-state index contributed by atoms with van der Waals surface area (Å²) in [6, 6.07) is 19.6. The van der Waals surface area contributed by atoms with Crippen LogP contribution in [-0.4, -0.2) is 27.2 Å². The Bertz CT molecular complexity index is 1370. The molecule has 0 spiro atoms. The molecule has 1 aromatic carbocycles. The Morgan fingerprint density at radius 2 is 1.82 bits per heavy atom. The summed E-state index contributed by atoms with van der Waals surface area (Å²) in [5.74, 6) is 1.99. The molecule has 1 aliphatic heterocycles. The molecule has 34 heavy (non-hydrogen) atoms. The second-order valence-electron chi connectivity index (χ2n) is 7.99. The van der Waals surface area contributed by atoms with Crippen molar-refractivity contribution >= 4 is 17.2 Å². The molecule has 0 atom stereocenters. The van der Waals surface area contributed by atoms with Crippen molar-refractivity contribution in [1.82, 2.24) is 15.0 Å². The molecular formula is C26H23N7O. The third-order valence-electron chi connectivity index (χ3n) is 5.44. The highest BCUT2D eigenvalue weighted by atomic mass is 16.5. The molecular weight excluding hydrogens is 426 g/mol. The van der Waals surface area contributed by atoms with Gasteiger partial charge in [0.05, 0.1) is 11.4 Å². The van der Waals surface area contributed by atoms with E-state index >= 15 is 0 Å². The van der Waals surface area contributed by atoms with Crippen molar-refractivity contribution in [2.24, 2.45) is 15.4 Å². The Balaban J connectivity index is 1.34. The number of aryl methyl sites for hydroxylation is 2. The summed E-state index contributed by atoms with van der Waals surface area (Å²) < 4.78 is 6.26. The van der Waals surface area contributed by atoms with E-state index in [1.54, 1.807) is 12.4 Å². The van der Waals surface area contributed by atoms with Gasteiger partial charge in [0.15, 0.2) is 5.75 Å². The van der Waals surface area contributed by atoms with Crippen molar-refractivity contribution in [3.63, 3.8) is 0 Å². The molecule has 1 N–H and O–H groups in total. The quantitative estimate of drug-likeness (QED) is 0.370. The molecule has 3 aromatic heterocycles. The molecule has 8 nitrogen and oxygen atoms in total. The topological polar surface area (TPSA) is 97.0 Å². The van der Waals surface area contributed by atoms with Gasteiger partial charge in [0.2, 0.25) is 0 Å². The van der Waals surface area contributed by atoms with Crippen LogP contribution in [0.2, 0.25) is 0 Å². The SMILES string of the molecule is Cc1cc(Oc2ccnc(Nc3ccc(CC4=NN=NC4)cc3)c2)c(-c2ccccn2)nc1C. The summed E-state index contributed by atoms with van der Waals surface area (Å²) in [7, 11) is 0. The monoisotopic (exact) mass is 449 g/mol. The van der Waals surface area contributed by atoms with Gasteiger partial charge in [-0.2, -0.15) is 5.11 Å². The maximum atomic E-state index is 6.26. The van der Waals surface area contributed by atoms with Crippen LogP contribution in [0.4, 0.5) is 11.5 Å². The second-order valence-corrected chi connectivity index (χ2v) is 7.99. The molecule has 4 heterocycles.